The first-order chi connectivity index (χ1) is 8.16. The van der Waals surface area contributed by atoms with Gasteiger partial charge in [0.05, 0.1) is 4.47 Å². The van der Waals surface area contributed by atoms with Crippen molar-refractivity contribution in [1.82, 2.24) is 9.97 Å². The molecule has 0 N–H and O–H groups in total. The van der Waals surface area contributed by atoms with Gasteiger partial charge in [-0.05, 0) is 46.9 Å². The Labute approximate surface area is 119 Å². The molecular weight excluding hydrogens is 308 g/mol. The van der Waals surface area contributed by atoms with Crippen molar-refractivity contribution in [3.8, 4) is 0 Å². The molecule has 0 aliphatic heterocycles. The first kappa shape index (κ1) is 14.2. The zero-order chi connectivity index (χ0) is 13.6. The van der Waals surface area contributed by atoms with Gasteiger partial charge in [0.15, 0.2) is 14.1 Å². The van der Waals surface area contributed by atoms with Gasteiger partial charge in [0.1, 0.15) is 5.60 Å². The van der Waals surface area contributed by atoms with E-state index in [4.69, 9.17) is 4.43 Å². The van der Waals surface area contributed by atoms with Crippen LogP contribution in [0.4, 0.5) is 0 Å². The molecule has 0 unspecified atom stereocenters. The number of hydrogen-bond acceptors (Lipinski definition) is 3. The van der Waals surface area contributed by atoms with Crippen LogP contribution in [0.25, 0.3) is 0 Å². The normalized spacial score (nSPS) is 18.8. The average molecular weight is 329 g/mol. The van der Waals surface area contributed by atoms with E-state index in [0.717, 1.165) is 23.1 Å². The first-order valence-electron chi connectivity index (χ1n) is 6.35. The molecule has 2 rings (SSSR count). The summed E-state index contributed by atoms with van der Waals surface area (Å²) in [7, 11) is -1.77. The topological polar surface area (TPSA) is 35.0 Å². The van der Waals surface area contributed by atoms with E-state index in [1.54, 1.807) is 12.4 Å². The summed E-state index contributed by atoms with van der Waals surface area (Å²) < 4.78 is 7.44. The Hall–Kier alpha value is -0.263. The standard InChI is InChI=1S/C13H21BrN2OSi/c1-12(2,3)18(4,5)17-13(6-7-13)11-15-8-10(14)9-16-11/h8-9H,6-7H2,1-5H3. The van der Waals surface area contributed by atoms with Crippen molar-refractivity contribution in [3.05, 3.63) is 22.7 Å². The van der Waals surface area contributed by atoms with Crippen molar-refractivity contribution in [1.29, 1.82) is 0 Å². The molecule has 1 heterocycles. The van der Waals surface area contributed by atoms with Crippen molar-refractivity contribution < 1.29 is 4.43 Å². The highest BCUT2D eigenvalue weighted by Gasteiger charge is 2.54. The zero-order valence-corrected chi connectivity index (χ0v) is 14.3. The van der Waals surface area contributed by atoms with E-state index < -0.39 is 8.32 Å². The molecule has 100 valence electrons. The van der Waals surface area contributed by atoms with Gasteiger partial charge in [-0.25, -0.2) is 9.97 Å². The predicted molar refractivity (Wildman–Crippen MR) is 78.9 cm³/mol. The molecule has 3 nitrogen and oxygen atoms in total. The number of aromatic nitrogens is 2. The molecule has 1 aliphatic rings. The van der Waals surface area contributed by atoms with Gasteiger partial charge in [-0.1, -0.05) is 20.8 Å². The van der Waals surface area contributed by atoms with Crippen LogP contribution in [-0.4, -0.2) is 18.3 Å². The lowest BCUT2D eigenvalue weighted by Gasteiger charge is -2.39. The summed E-state index contributed by atoms with van der Waals surface area (Å²) >= 11 is 3.37. The van der Waals surface area contributed by atoms with Crippen LogP contribution in [0.15, 0.2) is 16.9 Å². The third kappa shape index (κ3) is 2.68. The van der Waals surface area contributed by atoms with Gasteiger partial charge in [-0.2, -0.15) is 0 Å². The van der Waals surface area contributed by atoms with Crippen LogP contribution >= 0.6 is 15.9 Å². The molecular formula is C13H21BrN2OSi. The zero-order valence-electron chi connectivity index (χ0n) is 11.7. The van der Waals surface area contributed by atoms with Crippen molar-refractivity contribution in [2.45, 2.75) is 57.3 Å². The van der Waals surface area contributed by atoms with Gasteiger partial charge in [-0.3, -0.25) is 0 Å². The average Bonchev–Trinajstić information content (AvgIpc) is 2.97. The van der Waals surface area contributed by atoms with Crippen molar-refractivity contribution in [2.24, 2.45) is 0 Å². The van der Waals surface area contributed by atoms with Crippen LogP contribution in [0.2, 0.25) is 18.1 Å². The lowest BCUT2D eigenvalue weighted by Crippen LogP contribution is -2.44. The second-order valence-electron chi connectivity index (χ2n) is 6.58. The third-order valence-corrected chi connectivity index (χ3v) is 8.91. The quantitative estimate of drug-likeness (QED) is 0.778. The first-order valence-corrected chi connectivity index (χ1v) is 10.0. The van der Waals surface area contributed by atoms with E-state index in [-0.39, 0.29) is 10.6 Å². The monoisotopic (exact) mass is 328 g/mol. The molecule has 1 aromatic rings. The Balaban J connectivity index is 2.21. The third-order valence-electron chi connectivity index (χ3n) is 3.99. The minimum Gasteiger partial charge on any atom is -0.404 e. The molecule has 0 bridgehead atoms. The molecule has 1 fully saturated rings. The fourth-order valence-corrected chi connectivity index (χ4v) is 3.46. The Morgan fingerprint density at radius 2 is 1.72 bits per heavy atom. The summed E-state index contributed by atoms with van der Waals surface area (Å²) in [5.41, 5.74) is -0.205. The van der Waals surface area contributed by atoms with Crippen LogP contribution in [0, 0.1) is 0 Å². The summed E-state index contributed by atoms with van der Waals surface area (Å²) in [5, 5.41) is 0.220. The van der Waals surface area contributed by atoms with E-state index in [1.165, 1.54) is 0 Å². The number of rotatable bonds is 3. The summed E-state index contributed by atoms with van der Waals surface area (Å²) in [4.78, 5) is 8.84. The second-order valence-corrected chi connectivity index (χ2v) is 12.2. The molecule has 18 heavy (non-hydrogen) atoms. The van der Waals surface area contributed by atoms with Gasteiger partial charge in [0.25, 0.3) is 0 Å². The summed E-state index contributed by atoms with van der Waals surface area (Å²) in [5.74, 6) is 0.843. The Morgan fingerprint density at radius 1 is 1.22 bits per heavy atom. The maximum absolute atomic E-state index is 6.53. The lowest BCUT2D eigenvalue weighted by atomic mass is 10.2. The Morgan fingerprint density at radius 3 is 2.11 bits per heavy atom. The molecule has 0 aromatic carbocycles. The van der Waals surface area contributed by atoms with Crippen molar-refractivity contribution in [2.75, 3.05) is 0 Å². The minimum absolute atomic E-state index is 0.205. The van der Waals surface area contributed by atoms with E-state index in [2.05, 4.69) is 59.8 Å². The van der Waals surface area contributed by atoms with Gasteiger partial charge in [-0.15, -0.1) is 0 Å². The second kappa shape index (κ2) is 4.39. The van der Waals surface area contributed by atoms with Crippen LogP contribution in [0.3, 0.4) is 0 Å². The SMILES string of the molecule is CC(C)(C)[Si](C)(C)OC1(c2ncc(Br)cn2)CC1. The lowest BCUT2D eigenvalue weighted by molar-refractivity contribution is 0.149. The summed E-state index contributed by atoms with van der Waals surface area (Å²) in [6.07, 6.45) is 5.69. The largest absolute Gasteiger partial charge is 0.404 e. The molecule has 0 amide bonds. The van der Waals surface area contributed by atoms with Crippen LogP contribution in [-0.2, 0) is 10.0 Å². The number of halogens is 1. The molecule has 0 atom stereocenters. The van der Waals surface area contributed by atoms with Crippen molar-refractivity contribution >= 4 is 24.2 Å². The van der Waals surface area contributed by atoms with E-state index in [0.29, 0.717) is 0 Å². The van der Waals surface area contributed by atoms with Gasteiger partial charge >= 0.3 is 0 Å². The fourth-order valence-electron chi connectivity index (χ4n) is 1.67. The molecule has 1 saturated carbocycles. The van der Waals surface area contributed by atoms with Gasteiger partial charge in [0, 0.05) is 12.4 Å². The van der Waals surface area contributed by atoms with Gasteiger partial charge < -0.3 is 4.43 Å². The van der Waals surface area contributed by atoms with E-state index >= 15 is 0 Å². The molecule has 0 saturated heterocycles. The van der Waals surface area contributed by atoms with Crippen LogP contribution < -0.4 is 0 Å². The van der Waals surface area contributed by atoms with Crippen molar-refractivity contribution in [3.63, 3.8) is 0 Å². The van der Waals surface area contributed by atoms with Crippen LogP contribution in [0.5, 0.6) is 0 Å². The Bertz CT molecular complexity index is 435. The molecule has 5 heteroatoms. The molecule has 1 aromatic heterocycles. The summed E-state index contributed by atoms with van der Waals surface area (Å²) in [6, 6.07) is 0. The maximum Gasteiger partial charge on any atom is 0.193 e. The number of hydrogen-bond donors (Lipinski definition) is 0. The smallest absolute Gasteiger partial charge is 0.193 e. The highest BCUT2D eigenvalue weighted by Crippen LogP contribution is 2.52. The highest BCUT2D eigenvalue weighted by molar-refractivity contribution is 9.10. The van der Waals surface area contributed by atoms with Crippen LogP contribution in [0.1, 0.15) is 39.4 Å². The molecule has 0 spiro atoms. The Kier molecular flexibility index (Phi) is 3.45. The van der Waals surface area contributed by atoms with Gasteiger partial charge in [0.2, 0.25) is 0 Å². The predicted octanol–water partition coefficient (Wildman–Crippen LogP) is 4.25. The summed E-state index contributed by atoms with van der Waals surface area (Å²) in [6.45, 7) is 11.4. The minimum atomic E-state index is -1.77. The fraction of sp³-hybridized carbons (Fsp3) is 0.692. The molecule has 0 radical (unpaired) electrons. The number of nitrogens with zero attached hydrogens (tertiary/aromatic N) is 2. The van der Waals surface area contributed by atoms with E-state index in [1.807, 2.05) is 0 Å². The maximum atomic E-state index is 6.53. The van der Waals surface area contributed by atoms with E-state index in [9.17, 15) is 0 Å². The molecule has 1 aliphatic carbocycles. The highest BCUT2D eigenvalue weighted by atomic mass is 79.9.